The van der Waals surface area contributed by atoms with Gasteiger partial charge in [-0.1, -0.05) is 0 Å². The summed E-state index contributed by atoms with van der Waals surface area (Å²) in [6.45, 7) is 2.92. The molecule has 6 nitrogen and oxygen atoms in total. The van der Waals surface area contributed by atoms with Crippen molar-refractivity contribution in [1.82, 2.24) is 0 Å². The van der Waals surface area contributed by atoms with E-state index in [4.69, 9.17) is 29.7 Å². The summed E-state index contributed by atoms with van der Waals surface area (Å²) in [4.78, 5) is 26.7. The summed E-state index contributed by atoms with van der Waals surface area (Å²) in [5.74, 6) is -3.25. The van der Waals surface area contributed by atoms with Gasteiger partial charge in [-0.3, -0.25) is 0 Å². The Bertz CT molecular complexity index is 309. The van der Waals surface area contributed by atoms with Crippen LogP contribution in [-0.4, -0.2) is 17.9 Å². The number of carbonyl (C=O) groups is 3. The van der Waals surface area contributed by atoms with Crippen molar-refractivity contribution in [3.63, 3.8) is 0 Å². The van der Waals surface area contributed by atoms with E-state index in [1.54, 1.807) is 0 Å². The van der Waals surface area contributed by atoms with Crippen LogP contribution >= 0.6 is 0 Å². The molecule has 0 radical (unpaired) electrons. The third-order valence-electron chi connectivity index (χ3n) is 1.40. The Kier molecular flexibility index (Phi) is 21.6. The van der Waals surface area contributed by atoms with Crippen molar-refractivity contribution in [3.05, 3.63) is 24.3 Å². The summed E-state index contributed by atoms with van der Waals surface area (Å²) >= 11 is 3.02. The SMILES string of the molecule is CC(=O)[O-].CC(=O)[O-].CC(=O)[O-].[Rh+3][CH]1/C=C\C=C/CCC1. The van der Waals surface area contributed by atoms with Crippen molar-refractivity contribution >= 4 is 17.9 Å². The molecule has 0 saturated carbocycles. The number of carbonyl (C=O) groups excluding carboxylic acids is 3. The summed E-state index contributed by atoms with van der Waals surface area (Å²) in [6.07, 6.45) is 12.6. The van der Waals surface area contributed by atoms with E-state index in [0.717, 1.165) is 20.8 Å². The third-order valence-corrected chi connectivity index (χ3v) is 2.18. The zero-order valence-electron chi connectivity index (χ0n) is 12.3. The summed E-state index contributed by atoms with van der Waals surface area (Å²) in [5.41, 5.74) is 0. The van der Waals surface area contributed by atoms with Gasteiger partial charge in [-0.25, -0.2) is 0 Å². The van der Waals surface area contributed by atoms with Crippen LogP contribution in [0.3, 0.4) is 0 Å². The molecule has 1 rings (SSSR count). The van der Waals surface area contributed by atoms with Crippen LogP contribution in [0, 0.1) is 0 Å². The van der Waals surface area contributed by atoms with Gasteiger partial charge < -0.3 is 29.7 Å². The molecule has 1 atom stereocenters. The Morgan fingerprint density at radius 2 is 1.33 bits per heavy atom. The average molecular weight is 387 g/mol. The van der Waals surface area contributed by atoms with Crippen molar-refractivity contribution in [2.24, 2.45) is 0 Å². The van der Waals surface area contributed by atoms with Crippen molar-refractivity contribution in [3.8, 4) is 0 Å². The molecule has 1 aliphatic carbocycles. The molecule has 0 heterocycles. The quantitative estimate of drug-likeness (QED) is 0.486. The number of hydrogen-bond donors (Lipinski definition) is 0. The summed E-state index contributed by atoms with van der Waals surface area (Å²) < 4.78 is 0.677. The first-order chi connectivity index (χ1) is 9.59. The Morgan fingerprint density at radius 1 is 0.952 bits per heavy atom. The zero-order chi connectivity index (χ0) is 17.3. The number of carboxylic acid groups (broad SMARTS) is 3. The number of hydrogen-bond acceptors (Lipinski definition) is 6. The van der Waals surface area contributed by atoms with Gasteiger partial charge in [0.2, 0.25) is 0 Å². The van der Waals surface area contributed by atoms with E-state index in [9.17, 15) is 0 Å². The zero-order valence-corrected chi connectivity index (χ0v) is 13.9. The molecule has 0 saturated heterocycles. The Labute approximate surface area is 135 Å². The number of allylic oxidation sites excluding steroid dienone is 4. The number of rotatable bonds is 0. The van der Waals surface area contributed by atoms with Crippen LogP contribution in [0.4, 0.5) is 0 Å². The number of carboxylic acids is 3. The fraction of sp³-hybridized carbons (Fsp3) is 0.500. The molecule has 0 aliphatic heterocycles. The fourth-order valence-corrected chi connectivity index (χ4v) is 1.39. The van der Waals surface area contributed by atoms with E-state index in [-0.39, 0.29) is 0 Å². The second-order valence-corrected chi connectivity index (χ2v) is 4.92. The molecule has 1 aliphatic rings. The normalized spacial score (nSPS) is 18.3. The van der Waals surface area contributed by atoms with Crippen LogP contribution in [0.15, 0.2) is 24.3 Å². The van der Waals surface area contributed by atoms with Crippen molar-refractivity contribution in [2.45, 2.75) is 44.5 Å². The molecule has 0 bridgehead atoms. The molecule has 7 heteroatoms. The van der Waals surface area contributed by atoms with E-state index in [1.807, 2.05) is 0 Å². The molecule has 0 aromatic rings. The summed E-state index contributed by atoms with van der Waals surface area (Å²) in [5, 5.41) is 26.7. The topological polar surface area (TPSA) is 120 Å². The van der Waals surface area contributed by atoms with Crippen molar-refractivity contribution in [2.75, 3.05) is 0 Å². The molecule has 1 unspecified atom stereocenters. The van der Waals surface area contributed by atoms with Gasteiger partial charge in [-0.2, -0.15) is 0 Å². The molecular weight excluding hydrogens is 367 g/mol. The first kappa shape index (κ1) is 24.5. The van der Waals surface area contributed by atoms with Gasteiger partial charge in [0.15, 0.2) is 0 Å². The van der Waals surface area contributed by atoms with Crippen molar-refractivity contribution < 1.29 is 48.0 Å². The molecular formula is C14H20O6Rh. The number of aliphatic carboxylic acids is 3. The van der Waals surface area contributed by atoms with Gasteiger partial charge in [0.25, 0.3) is 0 Å². The Balaban J connectivity index is -0.000000230. The maximum absolute atomic E-state index is 8.89. The molecule has 0 amide bonds. The van der Waals surface area contributed by atoms with Crippen molar-refractivity contribution in [1.29, 1.82) is 0 Å². The van der Waals surface area contributed by atoms with Crippen LogP contribution in [0.2, 0.25) is 4.51 Å². The van der Waals surface area contributed by atoms with Crippen LogP contribution < -0.4 is 15.3 Å². The van der Waals surface area contributed by atoms with Crippen LogP contribution in [-0.2, 0) is 32.7 Å². The van der Waals surface area contributed by atoms with Gasteiger partial charge in [0, 0.05) is 17.9 Å². The predicted octanol–water partition coefficient (Wildman–Crippen LogP) is -1.11. The molecule has 0 spiro atoms. The van der Waals surface area contributed by atoms with E-state index in [1.165, 1.54) is 19.3 Å². The van der Waals surface area contributed by atoms with Crippen LogP contribution in [0.1, 0.15) is 40.0 Å². The van der Waals surface area contributed by atoms with E-state index < -0.39 is 17.9 Å². The van der Waals surface area contributed by atoms with Gasteiger partial charge in [0.05, 0.1) is 0 Å². The fourth-order valence-electron chi connectivity index (χ4n) is 0.872. The standard InChI is InChI=1S/C8H11.3C2H4O2.Rh/c1-2-4-6-8-7-5-3-1;3*1-2(3)4;/h1-5H,6-8H2;3*1H3,(H,3,4);/q;;;;+3/p-3/b2-1-,5-3-;;;;. The third kappa shape index (κ3) is 69.7. The van der Waals surface area contributed by atoms with Crippen LogP contribution in [0.25, 0.3) is 0 Å². The van der Waals surface area contributed by atoms with Gasteiger partial charge in [0.1, 0.15) is 0 Å². The minimum atomic E-state index is -1.08. The Hall–Kier alpha value is -1.49. The Morgan fingerprint density at radius 3 is 1.71 bits per heavy atom. The average Bonchev–Trinajstić information content (AvgIpc) is 2.21. The first-order valence-corrected chi connectivity index (χ1v) is 7.01. The molecule has 121 valence electrons. The summed E-state index contributed by atoms with van der Waals surface area (Å²) in [7, 11) is 0. The molecule has 0 N–H and O–H groups in total. The first-order valence-electron chi connectivity index (χ1n) is 6.07. The van der Waals surface area contributed by atoms with Gasteiger partial charge in [-0.15, -0.1) is 0 Å². The maximum atomic E-state index is 8.89. The van der Waals surface area contributed by atoms with E-state index in [0.29, 0.717) is 4.51 Å². The monoisotopic (exact) mass is 387 g/mol. The second kappa shape index (κ2) is 18.5. The van der Waals surface area contributed by atoms with Gasteiger partial charge >= 0.3 is 66.4 Å². The molecule has 0 aromatic heterocycles. The minimum absolute atomic E-state index is 0.677. The molecule has 21 heavy (non-hydrogen) atoms. The molecule has 0 aromatic carbocycles. The summed E-state index contributed by atoms with van der Waals surface area (Å²) in [6, 6.07) is 0. The predicted molar refractivity (Wildman–Crippen MR) is 67.9 cm³/mol. The van der Waals surface area contributed by atoms with E-state index >= 15 is 0 Å². The van der Waals surface area contributed by atoms with Gasteiger partial charge in [-0.05, 0) is 20.8 Å². The molecule has 0 fully saturated rings. The van der Waals surface area contributed by atoms with E-state index in [2.05, 4.69) is 42.6 Å². The van der Waals surface area contributed by atoms with Crippen LogP contribution in [0.5, 0.6) is 0 Å². The second-order valence-electron chi connectivity index (χ2n) is 3.70.